The molecule has 2 nitrogen and oxygen atoms in total. The molecule has 2 fully saturated rings. The van der Waals surface area contributed by atoms with Gasteiger partial charge in [0, 0.05) is 29.2 Å². The second kappa shape index (κ2) is 5.95. The van der Waals surface area contributed by atoms with E-state index in [1.165, 1.54) is 44.5 Å². The van der Waals surface area contributed by atoms with Crippen molar-refractivity contribution in [3.05, 3.63) is 27.6 Å². The van der Waals surface area contributed by atoms with Gasteiger partial charge in [-0.15, -0.1) is 0 Å². The van der Waals surface area contributed by atoms with Gasteiger partial charge in [0.25, 0.3) is 0 Å². The van der Waals surface area contributed by atoms with Crippen LogP contribution in [0.5, 0.6) is 0 Å². The smallest absolute Gasteiger partial charge is 0.124 e. The Hall–Kier alpha value is -0.360. The Morgan fingerprint density at radius 2 is 1.95 bits per heavy atom. The second-order valence-electron chi connectivity index (χ2n) is 5.58. The monoisotopic (exact) mass is 374 g/mol. The van der Waals surface area contributed by atoms with Gasteiger partial charge in [-0.3, -0.25) is 4.90 Å². The van der Waals surface area contributed by atoms with Crippen molar-refractivity contribution in [1.82, 2.24) is 4.90 Å². The van der Waals surface area contributed by atoms with Crippen LogP contribution in [0.4, 0.5) is 10.1 Å². The molecule has 2 aliphatic heterocycles. The molecule has 0 bridgehead atoms. The number of halogens is 2. The highest BCUT2D eigenvalue weighted by atomic mass is 127. The van der Waals surface area contributed by atoms with Crippen molar-refractivity contribution in [3.63, 3.8) is 0 Å². The van der Waals surface area contributed by atoms with E-state index in [0.717, 1.165) is 16.7 Å². The maximum atomic E-state index is 13.2. The Morgan fingerprint density at radius 1 is 1.11 bits per heavy atom. The Labute approximate surface area is 128 Å². The first-order valence-corrected chi connectivity index (χ1v) is 8.26. The van der Waals surface area contributed by atoms with E-state index >= 15 is 0 Å². The summed E-state index contributed by atoms with van der Waals surface area (Å²) in [5, 5.41) is 0. The first kappa shape index (κ1) is 13.6. The van der Waals surface area contributed by atoms with E-state index in [9.17, 15) is 4.39 Å². The van der Waals surface area contributed by atoms with Gasteiger partial charge >= 0.3 is 0 Å². The summed E-state index contributed by atoms with van der Waals surface area (Å²) < 4.78 is 14.3. The number of benzene rings is 1. The molecule has 1 aromatic carbocycles. The molecule has 19 heavy (non-hydrogen) atoms. The third-order valence-corrected chi connectivity index (χ3v) is 5.17. The third kappa shape index (κ3) is 3.05. The molecule has 3 rings (SSSR count). The summed E-state index contributed by atoms with van der Waals surface area (Å²) in [5.41, 5.74) is 1.20. The van der Waals surface area contributed by atoms with Gasteiger partial charge < -0.3 is 4.90 Å². The van der Waals surface area contributed by atoms with Gasteiger partial charge in [-0.2, -0.15) is 0 Å². The summed E-state index contributed by atoms with van der Waals surface area (Å²) >= 11 is 2.25. The predicted octanol–water partition coefficient (Wildman–Crippen LogP) is 3.49. The zero-order valence-electron chi connectivity index (χ0n) is 11.1. The Balaban J connectivity index is 1.80. The summed E-state index contributed by atoms with van der Waals surface area (Å²) in [6.07, 6.45) is 5.23. The molecular formula is C15H20FIN2. The number of fused-ring (bicyclic) bond motifs is 1. The number of nitrogens with zero attached hydrogens (tertiary/aromatic N) is 2. The lowest BCUT2D eigenvalue weighted by Crippen LogP contribution is -2.44. The molecule has 1 aromatic rings. The van der Waals surface area contributed by atoms with Crippen LogP contribution < -0.4 is 4.90 Å². The first-order chi connectivity index (χ1) is 9.24. The molecule has 1 atom stereocenters. The minimum Gasteiger partial charge on any atom is -0.369 e. The number of piperidine rings is 1. The summed E-state index contributed by atoms with van der Waals surface area (Å²) in [6.45, 7) is 4.67. The second-order valence-corrected chi connectivity index (χ2v) is 6.74. The van der Waals surface area contributed by atoms with Crippen LogP contribution in [-0.2, 0) is 0 Å². The van der Waals surface area contributed by atoms with Gasteiger partial charge in [-0.25, -0.2) is 4.39 Å². The van der Waals surface area contributed by atoms with Crippen molar-refractivity contribution in [2.24, 2.45) is 0 Å². The predicted molar refractivity (Wildman–Crippen MR) is 85.2 cm³/mol. The van der Waals surface area contributed by atoms with Crippen LogP contribution in [0.15, 0.2) is 18.2 Å². The van der Waals surface area contributed by atoms with E-state index in [1.54, 1.807) is 12.1 Å². The topological polar surface area (TPSA) is 6.48 Å². The minimum absolute atomic E-state index is 0.137. The number of rotatable bonds is 1. The summed E-state index contributed by atoms with van der Waals surface area (Å²) in [6, 6.07) is 5.85. The summed E-state index contributed by atoms with van der Waals surface area (Å²) in [4.78, 5) is 5.11. The highest BCUT2D eigenvalue weighted by Gasteiger charge is 2.27. The largest absolute Gasteiger partial charge is 0.369 e. The van der Waals surface area contributed by atoms with Crippen molar-refractivity contribution in [3.8, 4) is 0 Å². The van der Waals surface area contributed by atoms with Crippen LogP contribution in [-0.4, -0.2) is 37.1 Å². The van der Waals surface area contributed by atoms with Crippen LogP contribution in [0, 0.1) is 9.39 Å². The van der Waals surface area contributed by atoms with E-state index in [4.69, 9.17) is 0 Å². The van der Waals surface area contributed by atoms with Crippen molar-refractivity contribution >= 4 is 28.3 Å². The van der Waals surface area contributed by atoms with Crippen molar-refractivity contribution in [1.29, 1.82) is 0 Å². The maximum absolute atomic E-state index is 13.2. The molecular weight excluding hydrogens is 354 g/mol. The molecule has 0 spiro atoms. The molecule has 2 heterocycles. The fourth-order valence-electron chi connectivity index (χ4n) is 3.33. The molecule has 0 amide bonds. The van der Waals surface area contributed by atoms with Crippen LogP contribution in [0.1, 0.15) is 25.7 Å². The lowest BCUT2D eigenvalue weighted by molar-refractivity contribution is 0.162. The molecule has 0 radical (unpaired) electrons. The Kier molecular flexibility index (Phi) is 4.27. The Morgan fingerprint density at radius 3 is 2.79 bits per heavy atom. The molecule has 2 saturated heterocycles. The summed E-state index contributed by atoms with van der Waals surface area (Å²) in [5.74, 6) is -0.137. The van der Waals surface area contributed by atoms with Crippen LogP contribution in [0.25, 0.3) is 0 Å². The molecule has 0 saturated carbocycles. The zero-order valence-corrected chi connectivity index (χ0v) is 13.3. The summed E-state index contributed by atoms with van der Waals surface area (Å²) in [7, 11) is 0. The van der Waals surface area contributed by atoms with Crippen LogP contribution >= 0.6 is 22.6 Å². The van der Waals surface area contributed by atoms with Gasteiger partial charge in [0.1, 0.15) is 5.82 Å². The quantitative estimate of drug-likeness (QED) is 0.695. The van der Waals surface area contributed by atoms with Crippen LogP contribution in [0.2, 0.25) is 0 Å². The normalized spacial score (nSPS) is 24.9. The van der Waals surface area contributed by atoms with E-state index in [2.05, 4.69) is 32.4 Å². The molecule has 104 valence electrons. The zero-order chi connectivity index (χ0) is 13.2. The first-order valence-electron chi connectivity index (χ1n) is 7.18. The fourth-order valence-corrected chi connectivity index (χ4v) is 4.15. The highest BCUT2D eigenvalue weighted by molar-refractivity contribution is 14.1. The average molecular weight is 374 g/mol. The number of hydrogen-bond acceptors (Lipinski definition) is 2. The van der Waals surface area contributed by atoms with Crippen molar-refractivity contribution in [2.45, 2.75) is 31.7 Å². The highest BCUT2D eigenvalue weighted by Crippen LogP contribution is 2.28. The maximum Gasteiger partial charge on any atom is 0.124 e. The third-order valence-electron chi connectivity index (χ3n) is 4.30. The van der Waals surface area contributed by atoms with Crippen molar-refractivity contribution in [2.75, 3.05) is 31.1 Å². The van der Waals surface area contributed by atoms with Gasteiger partial charge in [-0.05, 0) is 66.6 Å². The van der Waals surface area contributed by atoms with Crippen molar-refractivity contribution < 1.29 is 4.39 Å². The molecule has 0 aromatic heterocycles. The van der Waals surface area contributed by atoms with Gasteiger partial charge in [0.2, 0.25) is 0 Å². The molecule has 4 heteroatoms. The number of anilines is 1. The standard InChI is InChI=1S/C15H20FIN2/c16-12-5-6-15(14(17)10-12)19-9-3-8-18-7-2-1-4-13(18)11-19/h5-6,10,13H,1-4,7-9,11H2. The van der Waals surface area contributed by atoms with E-state index in [0.29, 0.717) is 6.04 Å². The van der Waals surface area contributed by atoms with Crippen LogP contribution in [0.3, 0.4) is 0 Å². The SMILES string of the molecule is Fc1ccc(N2CCCN3CCCCC3C2)c(I)c1. The molecule has 0 N–H and O–H groups in total. The lowest BCUT2D eigenvalue weighted by Gasteiger charge is -2.36. The van der Waals surface area contributed by atoms with Gasteiger partial charge in [-0.1, -0.05) is 6.42 Å². The molecule has 0 aliphatic carbocycles. The van der Waals surface area contributed by atoms with E-state index in [-0.39, 0.29) is 5.82 Å². The Bertz CT molecular complexity index is 452. The van der Waals surface area contributed by atoms with Gasteiger partial charge in [0.05, 0.1) is 5.69 Å². The minimum atomic E-state index is -0.137. The van der Waals surface area contributed by atoms with Gasteiger partial charge in [0.15, 0.2) is 0 Å². The molecule has 2 aliphatic rings. The van der Waals surface area contributed by atoms with E-state index < -0.39 is 0 Å². The average Bonchev–Trinajstić information content (AvgIpc) is 2.60. The number of hydrogen-bond donors (Lipinski definition) is 0. The fraction of sp³-hybridized carbons (Fsp3) is 0.600. The lowest BCUT2D eigenvalue weighted by atomic mass is 10.0. The molecule has 1 unspecified atom stereocenters. The van der Waals surface area contributed by atoms with E-state index in [1.807, 2.05) is 6.07 Å².